The fraction of sp³-hybridized carbons (Fsp3) is 0.286. The normalized spacial score (nSPS) is 11.4. The summed E-state index contributed by atoms with van der Waals surface area (Å²) in [6.07, 6.45) is 0.0585. The molecule has 0 saturated carbocycles. The van der Waals surface area contributed by atoms with Crippen LogP contribution in [0.15, 0.2) is 59.5 Å². The molecule has 0 heterocycles. The van der Waals surface area contributed by atoms with Gasteiger partial charge in [0.1, 0.15) is 0 Å². The van der Waals surface area contributed by atoms with E-state index in [1.165, 1.54) is 12.1 Å². The molecule has 0 radical (unpaired) electrons. The van der Waals surface area contributed by atoms with Crippen molar-refractivity contribution in [3.8, 4) is 17.2 Å². The topological polar surface area (TPSA) is 90.3 Å². The van der Waals surface area contributed by atoms with Crippen molar-refractivity contribution in [3.05, 3.63) is 81.3 Å². The Bertz CT molecular complexity index is 1410. The van der Waals surface area contributed by atoms with Crippen LogP contribution in [0.2, 0.25) is 10.0 Å². The lowest BCUT2D eigenvalue weighted by molar-refractivity contribution is -0.115. The highest BCUT2D eigenvalue weighted by molar-refractivity contribution is 7.91. The molecule has 37 heavy (non-hydrogen) atoms. The van der Waals surface area contributed by atoms with E-state index in [0.717, 1.165) is 24.2 Å². The standard InChI is InChI=1S/C28H29Cl2N3O3S/c1-4-33(5-2)18-21-10-9-20(14-22(21)17-31)28-25(29)15-23(16-26(28)30)32-27(34)13-19-7-11-24(12-8-19)37(35,36)6-3/h7-12,14-16H,4-6,13,18H2,1-3H3,(H,32,34). The highest BCUT2D eigenvalue weighted by atomic mass is 35.5. The molecule has 0 saturated heterocycles. The van der Waals surface area contributed by atoms with Crippen LogP contribution in [-0.4, -0.2) is 38.1 Å². The molecule has 0 unspecified atom stereocenters. The van der Waals surface area contributed by atoms with Gasteiger partial charge in [-0.05, 0) is 60.1 Å². The fourth-order valence-corrected chi connectivity index (χ4v) is 5.54. The fourth-order valence-electron chi connectivity index (χ4n) is 3.95. The van der Waals surface area contributed by atoms with E-state index in [1.807, 2.05) is 12.1 Å². The van der Waals surface area contributed by atoms with Crippen molar-refractivity contribution in [2.75, 3.05) is 24.2 Å². The van der Waals surface area contributed by atoms with Crippen molar-refractivity contribution in [2.45, 2.75) is 38.6 Å². The van der Waals surface area contributed by atoms with Gasteiger partial charge in [-0.25, -0.2) is 8.42 Å². The highest BCUT2D eigenvalue weighted by Crippen LogP contribution is 2.38. The minimum absolute atomic E-state index is 0.0165. The number of anilines is 1. The highest BCUT2D eigenvalue weighted by Gasteiger charge is 2.16. The van der Waals surface area contributed by atoms with E-state index < -0.39 is 9.84 Å². The molecule has 0 bridgehead atoms. The smallest absolute Gasteiger partial charge is 0.228 e. The lowest BCUT2D eigenvalue weighted by Crippen LogP contribution is -2.22. The van der Waals surface area contributed by atoms with E-state index in [2.05, 4.69) is 30.1 Å². The van der Waals surface area contributed by atoms with Crippen molar-refractivity contribution in [1.82, 2.24) is 4.90 Å². The molecule has 3 aromatic carbocycles. The Morgan fingerprint density at radius 3 is 2.14 bits per heavy atom. The van der Waals surface area contributed by atoms with Crippen LogP contribution in [0.5, 0.6) is 0 Å². The summed E-state index contributed by atoms with van der Waals surface area (Å²) >= 11 is 13.1. The third-order valence-corrected chi connectivity index (χ3v) is 8.51. The maximum absolute atomic E-state index is 12.6. The number of amides is 1. The lowest BCUT2D eigenvalue weighted by Gasteiger charge is -2.19. The maximum Gasteiger partial charge on any atom is 0.228 e. The summed E-state index contributed by atoms with van der Waals surface area (Å²) in [6.45, 7) is 8.21. The number of rotatable bonds is 10. The summed E-state index contributed by atoms with van der Waals surface area (Å²) in [7, 11) is -3.29. The molecule has 6 nitrogen and oxygen atoms in total. The number of nitrogens with one attached hydrogen (secondary N) is 1. The van der Waals surface area contributed by atoms with Crippen molar-refractivity contribution < 1.29 is 13.2 Å². The molecule has 194 valence electrons. The van der Waals surface area contributed by atoms with Crippen molar-refractivity contribution in [1.29, 1.82) is 5.26 Å². The third kappa shape index (κ3) is 7.12. The summed E-state index contributed by atoms with van der Waals surface area (Å²) in [4.78, 5) is 15.1. The average Bonchev–Trinajstić information content (AvgIpc) is 2.87. The van der Waals surface area contributed by atoms with Crippen LogP contribution in [0.4, 0.5) is 5.69 Å². The second kappa shape index (κ2) is 12.6. The molecule has 0 atom stereocenters. The van der Waals surface area contributed by atoms with Gasteiger partial charge in [0.2, 0.25) is 5.91 Å². The summed E-state index contributed by atoms with van der Waals surface area (Å²) in [6, 6.07) is 17.4. The Morgan fingerprint density at radius 2 is 1.59 bits per heavy atom. The van der Waals surface area contributed by atoms with Crippen LogP contribution < -0.4 is 5.32 Å². The molecule has 1 amide bonds. The molecule has 1 N–H and O–H groups in total. The number of hydrogen-bond acceptors (Lipinski definition) is 5. The zero-order chi connectivity index (χ0) is 27.2. The van der Waals surface area contributed by atoms with E-state index in [1.54, 1.807) is 37.3 Å². The van der Waals surface area contributed by atoms with Crippen LogP contribution in [0.3, 0.4) is 0 Å². The van der Waals surface area contributed by atoms with Gasteiger partial charge in [0.15, 0.2) is 9.84 Å². The van der Waals surface area contributed by atoms with Gasteiger partial charge in [-0.2, -0.15) is 5.26 Å². The van der Waals surface area contributed by atoms with Crippen LogP contribution >= 0.6 is 23.2 Å². The minimum Gasteiger partial charge on any atom is -0.326 e. The average molecular weight is 559 g/mol. The minimum atomic E-state index is -3.29. The zero-order valence-electron chi connectivity index (χ0n) is 21.0. The van der Waals surface area contributed by atoms with E-state index in [9.17, 15) is 18.5 Å². The van der Waals surface area contributed by atoms with Gasteiger partial charge in [-0.1, -0.05) is 68.2 Å². The first-order chi connectivity index (χ1) is 17.6. The molecule has 0 spiro atoms. The number of carbonyl (C=O) groups excluding carboxylic acids is 1. The summed E-state index contributed by atoms with van der Waals surface area (Å²) in [5, 5.41) is 13.2. The van der Waals surface area contributed by atoms with Gasteiger partial charge in [-0.3, -0.25) is 9.69 Å². The maximum atomic E-state index is 12.6. The summed E-state index contributed by atoms with van der Waals surface area (Å²) < 4.78 is 23.9. The number of benzene rings is 3. The van der Waals surface area contributed by atoms with E-state index in [4.69, 9.17) is 23.2 Å². The van der Waals surface area contributed by atoms with Crippen LogP contribution in [-0.2, 0) is 27.6 Å². The molecule has 3 rings (SSSR count). The second-order valence-corrected chi connectivity index (χ2v) is 11.6. The first kappa shape index (κ1) is 28.7. The number of sulfone groups is 1. The zero-order valence-corrected chi connectivity index (χ0v) is 23.3. The van der Waals surface area contributed by atoms with Gasteiger partial charge < -0.3 is 5.32 Å². The van der Waals surface area contributed by atoms with E-state index in [0.29, 0.717) is 39.0 Å². The predicted molar refractivity (Wildman–Crippen MR) is 150 cm³/mol. The molecule has 0 aliphatic carbocycles. The molecular weight excluding hydrogens is 529 g/mol. The van der Waals surface area contributed by atoms with Gasteiger partial charge in [-0.15, -0.1) is 0 Å². The van der Waals surface area contributed by atoms with Gasteiger partial charge in [0.25, 0.3) is 0 Å². The van der Waals surface area contributed by atoms with E-state index in [-0.39, 0.29) is 23.0 Å². The van der Waals surface area contributed by atoms with Crippen LogP contribution in [0.25, 0.3) is 11.1 Å². The Kier molecular flexibility index (Phi) is 9.74. The second-order valence-electron chi connectivity index (χ2n) is 8.53. The SMILES string of the molecule is CCN(CC)Cc1ccc(-c2c(Cl)cc(NC(=O)Cc3ccc(S(=O)(=O)CC)cc3)cc2Cl)cc1C#N. The van der Waals surface area contributed by atoms with Gasteiger partial charge in [0.05, 0.1) is 38.7 Å². The van der Waals surface area contributed by atoms with Gasteiger partial charge >= 0.3 is 0 Å². The molecule has 0 aromatic heterocycles. The molecule has 0 aliphatic heterocycles. The van der Waals surface area contributed by atoms with Gasteiger partial charge in [0, 0.05) is 17.8 Å². The predicted octanol–water partition coefficient (Wildman–Crippen LogP) is 6.35. The van der Waals surface area contributed by atoms with Crippen molar-refractivity contribution >= 4 is 44.6 Å². The third-order valence-electron chi connectivity index (χ3n) is 6.16. The number of nitriles is 1. The molecule has 0 aliphatic rings. The molecular formula is C28H29Cl2N3O3S. The number of nitrogens with zero attached hydrogens (tertiary/aromatic N) is 2. The Labute approximate surface area is 228 Å². The number of hydrogen-bond donors (Lipinski definition) is 1. The Morgan fingerprint density at radius 1 is 0.973 bits per heavy atom. The van der Waals surface area contributed by atoms with Crippen molar-refractivity contribution in [3.63, 3.8) is 0 Å². The quantitative estimate of drug-likeness (QED) is 0.313. The molecule has 9 heteroatoms. The monoisotopic (exact) mass is 557 g/mol. The molecule has 0 fully saturated rings. The lowest BCUT2D eigenvalue weighted by atomic mass is 9.98. The van der Waals surface area contributed by atoms with E-state index >= 15 is 0 Å². The Balaban J connectivity index is 1.77. The summed E-state index contributed by atoms with van der Waals surface area (Å²) in [5.41, 5.74) is 3.91. The number of halogens is 2. The Hall–Kier alpha value is -2.89. The first-order valence-corrected chi connectivity index (χ1v) is 14.4. The summed E-state index contributed by atoms with van der Waals surface area (Å²) in [5.74, 6) is -0.277. The largest absolute Gasteiger partial charge is 0.326 e. The molecule has 3 aromatic rings. The van der Waals surface area contributed by atoms with Crippen LogP contribution in [0.1, 0.15) is 37.5 Å². The number of carbonyl (C=O) groups is 1. The van der Waals surface area contributed by atoms with Crippen molar-refractivity contribution in [2.24, 2.45) is 0 Å². The first-order valence-electron chi connectivity index (χ1n) is 12.0. The van der Waals surface area contributed by atoms with Crippen LogP contribution in [0, 0.1) is 11.3 Å².